The Labute approximate surface area is 118 Å². The zero-order valence-corrected chi connectivity index (χ0v) is 11.1. The summed E-state index contributed by atoms with van der Waals surface area (Å²) in [6.07, 6.45) is 1.40. The summed E-state index contributed by atoms with van der Waals surface area (Å²) in [5, 5.41) is 8.27. The zero-order valence-electron chi connectivity index (χ0n) is 11.1. The minimum absolute atomic E-state index is 0.261. The van der Waals surface area contributed by atoms with Gasteiger partial charge in [0.2, 0.25) is 5.96 Å². The molecule has 20 heavy (non-hydrogen) atoms. The predicted molar refractivity (Wildman–Crippen MR) is 79.5 cm³/mol. The van der Waals surface area contributed by atoms with Crippen LogP contribution in [0.5, 0.6) is 0 Å². The maximum absolute atomic E-state index is 5.71. The van der Waals surface area contributed by atoms with Gasteiger partial charge in [-0.25, -0.2) is 4.99 Å². The summed E-state index contributed by atoms with van der Waals surface area (Å²) >= 11 is 0. The number of benzene rings is 2. The molecule has 0 atom stereocenters. The molecule has 0 fully saturated rings. The smallest absolute Gasteiger partial charge is 0.237 e. The monoisotopic (exact) mass is 264 g/mol. The van der Waals surface area contributed by atoms with E-state index in [1.807, 2.05) is 36.4 Å². The van der Waals surface area contributed by atoms with E-state index in [4.69, 9.17) is 5.73 Å². The number of hydrogen-bond acceptors (Lipinski definition) is 4. The fourth-order valence-corrected chi connectivity index (χ4v) is 2.46. The van der Waals surface area contributed by atoms with Gasteiger partial charge in [0.05, 0.1) is 0 Å². The summed E-state index contributed by atoms with van der Waals surface area (Å²) in [4.78, 5) is 4.47. The van der Waals surface area contributed by atoms with Crippen LogP contribution in [0.4, 0.5) is 0 Å². The summed E-state index contributed by atoms with van der Waals surface area (Å²) in [5.74, 6) is 0.261. The van der Waals surface area contributed by atoms with Crippen LogP contribution in [0.1, 0.15) is 11.1 Å². The van der Waals surface area contributed by atoms with Gasteiger partial charge in [-0.05, 0) is 11.1 Å². The Hall–Kier alpha value is -2.49. The Balaban J connectivity index is 1.89. The van der Waals surface area contributed by atoms with Crippen molar-refractivity contribution < 1.29 is 0 Å². The molecule has 1 aliphatic rings. The van der Waals surface area contributed by atoms with Gasteiger partial charge in [-0.3, -0.25) is 0 Å². The van der Waals surface area contributed by atoms with Crippen molar-refractivity contribution in [2.24, 2.45) is 21.0 Å². The fourth-order valence-electron chi connectivity index (χ4n) is 2.46. The largest absolute Gasteiger partial charge is 0.367 e. The topological polar surface area (TPSA) is 63.1 Å². The third-order valence-electron chi connectivity index (χ3n) is 3.32. The quantitative estimate of drug-likeness (QED) is 0.906. The van der Waals surface area contributed by atoms with Gasteiger partial charge in [-0.2, -0.15) is 5.11 Å². The molecule has 0 bridgehead atoms. The van der Waals surface area contributed by atoms with E-state index in [0.29, 0.717) is 12.8 Å². The van der Waals surface area contributed by atoms with E-state index in [1.165, 1.54) is 11.1 Å². The zero-order chi connectivity index (χ0) is 13.8. The Morgan fingerprint density at radius 3 is 1.70 bits per heavy atom. The Morgan fingerprint density at radius 1 is 0.800 bits per heavy atom. The van der Waals surface area contributed by atoms with Crippen LogP contribution in [0.3, 0.4) is 0 Å². The van der Waals surface area contributed by atoms with Crippen molar-refractivity contribution in [2.75, 3.05) is 0 Å². The standard InChI is InChI=1S/C16H16N4/c17-15-18-16(20-19-15,11-13-7-3-1-4-8-13)12-14-9-5-2-6-10-14/h1-10H,11-12H2,(H2,17,18). The lowest BCUT2D eigenvalue weighted by molar-refractivity contribution is 0.441. The van der Waals surface area contributed by atoms with Crippen molar-refractivity contribution in [3.8, 4) is 0 Å². The predicted octanol–water partition coefficient (Wildman–Crippen LogP) is 2.95. The highest BCUT2D eigenvalue weighted by atomic mass is 15.4. The lowest BCUT2D eigenvalue weighted by Crippen LogP contribution is -2.29. The number of hydrogen-bond donors (Lipinski definition) is 1. The lowest BCUT2D eigenvalue weighted by atomic mass is 9.94. The number of guanidine groups is 1. The summed E-state index contributed by atoms with van der Waals surface area (Å²) < 4.78 is 0. The normalized spacial score (nSPS) is 16.1. The summed E-state index contributed by atoms with van der Waals surface area (Å²) in [7, 11) is 0. The van der Waals surface area contributed by atoms with Crippen molar-refractivity contribution in [3.05, 3.63) is 71.8 Å². The first-order valence-corrected chi connectivity index (χ1v) is 6.62. The molecule has 0 spiro atoms. The number of aliphatic imine (C=N–C) groups is 1. The van der Waals surface area contributed by atoms with Crippen molar-refractivity contribution in [1.29, 1.82) is 0 Å². The summed E-state index contributed by atoms with van der Waals surface area (Å²) in [6, 6.07) is 20.4. The van der Waals surface area contributed by atoms with Crippen molar-refractivity contribution >= 4 is 5.96 Å². The van der Waals surface area contributed by atoms with Crippen LogP contribution in [0.2, 0.25) is 0 Å². The van der Waals surface area contributed by atoms with Crippen LogP contribution < -0.4 is 5.73 Å². The van der Waals surface area contributed by atoms with Crippen LogP contribution in [-0.2, 0) is 12.8 Å². The maximum atomic E-state index is 5.71. The fraction of sp³-hybridized carbons (Fsp3) is 0.188. The van der Waals surface area contributed by atoms with E-state index in [0.717, 1.165) is 0 Å². The minimum Gasteiger partial charge on any atom is -0.367 e. The Kier molecular flexibility index (Phi) is 3.29. The molecule has 0 saturated heterocycles. The van der Waals surface area contributed by atoms with E-state index in [-0.39, 0.29) is 5.96 Å². The second-order valence-corrected chi connectivity index (χ2v) is 4.98. The first kappa shape index (κ1) is 12.5. The van der Waals surface area contributed by atoms with Gasteiger partial charge in [0, 0.05) is 12.8 Å². The molecule has 4 heteroatoms. The van der Waals surface area contributed by atoms with Crippen LogP contribution in [0.15, 0.2) is 75.9 Å². The molecule has 1 aliphatic heterocycles. The maximum Gasteiger partial charge on any atom is 0.237 e. The molecular weight excluding hydrogens is 248 g/mol. The highest BCUT2D eigenvalue weighted by Gasteiger charge is 2.34. The molecule has 0 unspecified atom stereocenters. The van der Waals surface area contributed by atoms with Gasteiger partial charge in [-0.15, -0.1) is 5.11 Å². The van der Waals surface area contributed by atoms with E-state index in [1.54, 1.807) is 0 Å². The average molecular weight is 264 g/mol. The van der Waals surface area contributed by atoms with Crippen molar-refractivity contribution in [1.82, 2.24) is 0 Å². The molecule has 0 aliphatic carbocycles. The first-order chi connectivity index (χ1) is 9.76. The molecule has 2 aromatic carbocycles. The second kappa shape index (κ2) is 5.25. The van der Waals surface area contributed by atoms with Gasteiger partial charge < -0.3 is 5.73 Å². The molecule has 4 nitrogen and oxygen atoms in total. The average Bonchev–Trinajstić information content (AvgIpc) is 2.82. The molecule has 100 valence electrons. The van der Waals surface area contributed by atoms with Crippen LogP contribution in [0, 0.1) is 0 Å². The van der Waals surface area contributed by atoms with Gasteiger partial charge >= 0.3 is 0 Å². The van der Waals surface area contributed by atoms with Gasteiger partial charge in [0.25, 0.3) is 0 Å². The van der Waals surface area contributed by atoms with Gasteiger partial charge in [-0.1, -0.05) is 60.7 Å². The van der Waals surface area contributed by atoms with Crippen molar-refractivity contribution in [3.63, 3.8) is 0 Å². The van der Waals surface area contributed by atoms with E-state index in [9.17, 15) is 0 Å². The molecule has 0 amide bonds. The van der Waals surface area contributed by atoms with Crippen LogP contribution >= 0.6 is 0 Å². The molecule has 2 aromatic rings. The molecule has 0 aromatic heterocycles. The molecular formula is C16H16N4. The molecule has 0 saturated carbocycles. The van der Waals surface area contributed by atoms with Crippen molar-refractivity contribution in [2.45, 2.75) is 18.5 Å². The van der Waals surface area contributed by atoms with E-state index >= 15 is 0 Å². The minimum atomic E-state index is -0.604. The highest BCUT2D eigenvalue weighted by molar-refractivity contribution is 5.80. The summed E-state index contributed by atoms with van der Waals surface area (Å²) in [6.45, 7) is 0. The highest BCUT2D eigenvalue weighted by Crippen LogP contribution is 2.28. The third-order valence-corrected chi connectivity index (χ3v) is 3.32. The van der Waals surface area contributed by atoms with Crippen LogP contribution in [0.25, 0.3) is 0 Å². The van der Waals surface area contributed by atoms with Gasteiger partial charge in [0.1, 0.15) is 0 Å². The number of rotatable bonds is 4. The molecule has 3 rings (SSSR count). The number of azo groups is 1. The number of nitrogens with two attached hydrogens (primary N) is 1. The number of nitrogens with zero attached hydrogens (tertiary/aromatic N) is 3. The molecule has 2 N–H and O–H groups in total. The molecule has 1 heterocycles. The summed E-state index contributed by atoms with van der Waals surface area (Å²) in [5.41, 5.74) is 7.47. The second-order valence-electron chi connectivity index (χ2n) is 4.98. The Morgan fingerprint density at radius 2 is 1.30 bits per heavy atom. The third kappa shape index (κ3) is 2.74. The van der Waals surface area contributed by atoms with Crippen LogP contribution in [-0.4, -0.2) is 11.6 Å². The Bertz CT molecular complexity index is 591. The van der Waals surface area contributed by atoms with E-state index < -0.39 is 5.66 Å². The SMILES string of the molecule is NC1=NC(Cc2ccccc2)(Cc2ccccc2)N=N1. The molecule has 0 radical (unpaired) electrons. The van der Waals surface area contributed by atoms with Gasteiger partial charge in [0.15, 0.2) is 5.66 Å². The first-order valence-electron chi connectivity index (χ1n) is 6.62. The van der Waals surface area contributed by atoms with E-state index in [2.05, 4.69) is 39.5 Å². The lowest BCUT2D eigenvalue weighted by Gasteiger charge is -2.21.